The van der Waals surface area contributed by atoms with Gasteiger partial charge in [0, 0.05) is 5.57 Å². The zero-order chi connectivity index (χ0) is 20.3. The lowest BCUT2D eigenvalue weighted by molar-refractivity contribution is 0.566. The van der Waals surface area contributed by atoms with Gasteiger partial charge >= 0.3 is 0 Å². The van der Waals surface area contributed by atoms with E-state index in [-0.39, 0.29) is 0 Å². The monoisotopic (exact) mass is 382 g/mol. The van der Waals surface area contributed by atoms with Crippen molar-refractivity contribution in [3.8, 4) is 0 Å². The van der Waals surface area contributed by atoms with Crippen LogP contribution in [0.15, 0.2) is 5.57 Å². The van der Waals surface area contributed by atoms with Gasteiger partial charge in [-0.3, -0.25) is 0 Å². The lowest BCUT2D eigenvalue weighted by atomic mass is 10.4. The SMILES string of the molecule is CC(=C=O)C([Si](C(C)C)(C(C)C)C(C)C)[Si](C(C)C)(C(C)C)C(C)C. The number of hydrogen-bond donors (Lipinski definition) is 0. The molecule has 0 rings (SSSR count). The van der Waals surface area contributed by atoms with Crippen LogP contribution in [0.2, 0.25) is 38.4 Å². The van der Waals surface area contributed by atoms with E-state index in [0.29, 0.717) is 38.4 Å². The summed E-state index contributed by atoms with van der Waals surface area (Å²) >= 11 is 0. The Morgan fingerprint density at radius 2 is 0.760 bits per heavy atom. The van der Waals surface area contributed by atoms with E-state index < -0.39 is 16.1 Å². The zero-order valence-corrected chi connectivity index (χ0v) is 21.4. The maximum absolute atomic E-state index is 12.1. The third kappa shape index (κ3) is 3.94. The minimum absolute atomic E-state index is 0.512. The summed E-state index contributed by atoms with van der Waals surface area (Å²) in [6.07, 6.45) is 0. The molecule has 0 fully saturated rings. The fourth-order valence-corrected chi connectivity index (χ4v) is 30.3. The first-order valence-corrected chi connectivity index (χ1v) is 15.1. The summed E-state index contributed by atoms with van der Waals surface area (Å²) in [6.45, 7) is 31.4. The molecule has 0 N–H and O–H groups in total. The smallest absolute Gasteiger partial charge is 0.122 e. The zero-order valence-electron chi connectivity index (χ0n) is 19.4. The van der Waals surface area contributed by atoms with Crippen molar-refractivity contribution < 1.29 is 4.79 Å². The highest BCUT2D eigenvalue weighted by atomic mass is 28.4. The van der Waals surface area contributed by atoms with E-state index in [4.69, 9.17) is 0 Å². The highest BCUT2D eigenvalue weighted by molar-refractivity contribution is 7.03. The maximum atomic E-state index is 12.1. The van der Waals surface area contributed by atoms with Crippen LogP contribution in [0, 0.1) is 0 Å². The number of hydrogen-bond acceptors (Lipinski definition) is 1. The summed E-state index contributed by atoms with van der Waals surface area (Å²) < 4.78 is 0. The third-order valence-electron chi connectivity index (χ3n) is 7.59. The second kappa shape index (κ2) is 9.19. The molecule has 148 valence electrons. The normalized spacial score (nSPS) is 13.9. The van der Waals surface area contributed by atoms with Gasteiger partial charge in [-0.15, -0.1) is 0 Å². The van der Waals surface area contributed by atoms with Gasteiger partial charge in [-0.2, -0.15) is 0 Å². The van der Waals surface area contributed by atoms with Gasteiger partial charge in [-0.05, 0) is 12.1 Å². The molecule has 0 unspecified atom stereocenters. The summed E-state index contributed by atoms with van der Waals surface area (Å²) in [6, 6.07) is 0. The Morgan fingerprint density at radius 1 is 0.560 bits per heavy atom. The van der Waals surface area contributed by atoms with Gasteiger partial charge in [-0.25, -0.2) is 4.79 Å². The quantitative estimate of drug-likeness (QED) is 0.291. The molecule has 0 bridgehead atoms. The Kier molecular flexibility index (Phi) is 9.15. The lowest BCUT2D eigenvalue weighted by Gasteiger charge is -2.60. The minimum atomic E-state index is -1.80. The fraction of sp³-hybridized carbons (Fsp3) is 0.909. The van der Waals surface area contributed by atoms with Crippen LogP contribution >= 0.6 is 0 Å². The average Bonchev–Trinajstić information content (AvgIpc) is 2.43. The Morgan fingerprint density at radius 3 is 0.880 bits per heavy atom. The molecule has 1 nitrogen and oxygen atoms in total. The first kappa shape index (κ1) is 24.9. The molecule has 25 heavy (non-hydrogen) atoms. The van der Waals surface area contributed by atoms with E-state index in [0.717, 1.165) is 5.57 Å². The summed E-state index contributed by atoms with van der Waals surface area (Å²) in [4.78, 5) is 12.1. The van der Waals surface area contributed by atoms with Crippen LogP contribution in [0.4, 0.5) is 0 Å². The van der Waals surface area contributed by atoms with Crippen molar-refractivity contribution in [1.82, 2.24) is 0 Å². The second-order valence-electron chi connectivity index (χ2n) is 10.1. The minimum Gasteiger partial charge on any atom is -0.234 e. The van der Waals surface area contributed by atoms with E-state index in [1.165, 1.54) is 0 Å². The number of rotatable bonds is 9. The van der Waals surface area contributed by atoms with Crippen molar-refractivity contribution in [1.29, 1.82) is 0 Å². The van der Waals surface area contributed by atoms with Crippen LogP contribution in [0.3, 0.4) is 0 Å². The summed E-state index contributed by atoms with van der Waals surface area (Å²) in [5.41, 5.74) is 5.07. The van der Waals surface area contributed by atoms with Gasteiger partial charge in [0.25, 0.3) is 0 Å². The Hall–Kier alpha value is -0.116. The van der Waals surface area contributed by atoms with Crippen molar-refractivity contribution in [3.05, 3.63) is 5.57 Å². The van der Waals surface area contributed by atoms with Crippen molar-refractivity contribution in [2.24, 2.45) is 0 Å². The van der Waals surface area contributed by atoms with E-state index in [1.54, 1.807) is 0 Å². The Balaban J connectivity index is 7.25. The molecule has 0 atom stereocenters. The van der Waals surface area contributed by atoms with Crippen molar-refractivity contribution >= 4 is 22.1 Å². The summed E-state index contributed by atoms with van der Waals surface area (Å²) in [5, 5.41) is 0.512. The topological polar surface area (TPSA) is 17.1 Å². The molecule has 0 aromatic heterocycles. The first-order chi connectivity index (χ1) is 11.3. The summed E-state index contributed by atoms with van der Waals surface area (Å²) in [7, 11) is -3.61. The molecule has 0 aromatic rings. The van der Waals surface area contributed by atoms with Crippen LogP contribution in [0.25, 0.3) is 0 Å². The Labute approximate surface area is 161 Å². The van der Waals surface area contributed by atoms with Gasteiger partial charge in [0.2, 0.25) is 0 Å². The van der Waals surface area contributed by atoms with Gasteiger partial charge in [0.15, 0.2) is 0 Å². The molecule has 0 saturated heterocycles. The highest BCUT2D eigenvalue weighted by Gasteiger charge is 2.61. The Bertz CT molecular complexity index is 393. The standard InChI is InChI=1S/C22H46OSi2/c1-15(2)24(16(3)4,17(5)6)22(21(13)14-23)25(18(7)8,19(9)10)20(11)12/h15-20,22H,1-13H3. The molecular weight excluding hydrogens is 336 g/mol. The van der Waals surface area contributed by atoms with Crippen molar-refractivity contribution in [2.45, 2.75) is 128 Å². The molecule has 0 radical (unpaired) electrons. The molecule has 0 aromatic carbocycles. The number of carbonyl (C=O) groups excluding carboxylic acids is 1. The first-order valence-electron chi connectivity index (χ1n) is 10.5. The molecule has 0 saturated carbocycles. The average molecular weight is 383 g/mol. The van der Waals surface area contributed by atoms with Crippen molar-refractivity contribution in [3.63, 3.8) is 0 Å². The fourth-order valence-electron chi connectivity index (χ4n) is 7.24. The number of allylic oxidation sites excluding steroid dienone is 1. The molecule has 0 spiro atoms. The van der Waals surface area contributed by atoms with Crippen molar-refractivity contribution in [2.75, 3.05) is 0 Å². The summed E-state index contributed by atoms with van der Waals surface area (Å²) in [5.74, 6) is 2.44. The highest BCUT2D eigenvalue weighted by Crippen LogP contribution is 2.62. The molecule has 0 aliphatic carbocycles. The van der Waals surface area contributed by atoms with Gasteiger partial charge in [0.1, 0.15) is 5.94 Å². The molecule has 0 aliphatic rings. The second-order valence-corrected chi connectivity index (χ2v) is 22.8. The molecule has 0 aliphatic heterocycles. The molecular formula is C22H46OSi2. The van der Waals surface area contributed by atoms with Gasteiger partial charge < -0.3 is 0 Å². The van der Waals surface area contributed by atoms with Crippen LogP contribution in [0.1, 0.15) is 90.0 Å². The molecule has 3 heteroatoms. The third-order valence-corrected chi connectivity index (χ3v) is 25.5. The van der Waals surface area contributed by atoms with Crippen LogP contribution in [-0.2, 0) is 4.79 Å². The van der Waals surface area contributed by atoms with Crippen LogP contribution in [0.5, 0.6) is 0 Å². The largest absolute Gasteiger partial charge is 0.234 e. The van der Waals surface area contributed by atoms with E-state index in [2.05, 4.69) is 95.9 Å². The van der Waals surface area contributed by atoms with Gasteiger partial charge in [-0.1, -0.05) is 116 Å². The molecule has 0 heterocycles. The lowest BCUT2D eigenvalue weighted by Crippen LogP contribution is -2.63. The van der Waals surface area contributed by atoms with Crippen LogP contribution in [-0.4, -0.2) is 22.1 Å². The predicted octanol–water partition coefficient (Wildman–Crippen LogP) is 8.03. The van der Waals surface area contributed by atoms with Gasteiger partial charge in [0.05, 0.1) is 16.1 Å². The molecule has 0 amide bonds. The van der Waals surface area contributed by atoms with E-state index in [9.17, 15) is 4.79 Å². The van der Waals surface area contributed by atoms with E-state index >= 15 is 0 Å². The van der Waals surface area contributed by atoms with Crippen LogP contribution < -0.4 is 0 Å². The maximum Gasteiger partial charge on any atom is 0.122 e. The van der Waals surface area contributed by atoms with E-state index in [1.807, 2.05) is 0 Å². The predicted molar refractivity (Wildman–Crippen MR) is 121 cm³/mol.